The fourth-order valence-electron chi connectivity index (χ4n) is 3.24. The van der Waals surface area contributed by atoms with Crippen LogP contribution < -0.4 is 4.90 Å². The van der Waals surface area contributed by atoms with Gasteiger partial charge in [-0.1, -0.05) is 42.5 Å². The molecule has 0 bridgehead atoms. The zero-order chi connectivity index (χ0) is 17.2. The molecular weight excluding hydrogens is 321 g/mol. The molecule has 128 valence electrons. The average Bonchev–Trinajstić information content (AvgIpc) is 3.33. The van der Waals surface area contributed by atoms with Crippen molar-refractivity contribution in [2.24, 2.45) is 0 Å². The standard InChI is InChI=1S/C19H24NO3P/c1-4-22-24(21,23-5-2)19-18(17-14-10-9-11-15(17)3)20(19)16-12-7-6-8-13-16/h6-14,18-19H,4-5H2,1-3H3. The zero-order valence-electron chi connectivity index (χ0n) is 14.4. The summed E-state index contributed by atoms with van der Waals surface area (Å²) in [5, 5.41) is 0. The van der Waals surface area contributed by atoms with Gasteiger partial charge in [0.1, 0.15) is 0 Å². The third-order valence-corrected chi connectivity index (χ3v) is 6.70. The van der Waals surface area contributed by atoms with Crippen molar-refractivity contribution in [1.29, 1.82) is 0 Å². The molecule has 2 atom stereocenters. The largest absolute Gasteiger partial charge is 0.355 e. The van der Waals surface area contributed by atoms with Crippen LogP contribution in [0.25, 0.3) is 0 Å². The van der Waals surface area contributed by atoms with Gasteiger partial charge in [0.25, 0.3) is 0 Å². The van der Waals surface area contributed by atoms with E-state index in [1.54, 1.807) is 0 Å². The molecule has 1 aliphatic rings. The number of hydrogen-bond acceptors (Lipinski definition) is 4. The van der Waals surface area contributed by atoms with E-state index in [0.717, 1.165) is 5.69 Å². The van der Waals surface area contributed by atoms with E-state index in [2.05, 4.69) is 24.0 Å². The van der Waals surface area contributed by atoms with Crippen molar-refractivity contribution in [2.75, 3.05) is 18.1 Å². The highest BCUT2D eigenvalue weighted by Gasteiger charge is 2.61. The highest BCUT2D eigenvalue weighted by atomic mass is 31.2. The summed E-state index contributed by atoms with van der Waals surface area (Å²) in [6, 6.07) is 18.3. The number of para-hydroxylation sites is 1. The van der Waals surface area contributed by atoms with E-state index >= 15 is 0 Å². The van der Waals surface area contributed by atoms with Gasteiger partial charge >= 0.3 is 7.60 Å². The van der Waals surface area contributed by atoms with Gasteiger partial charge in [0.15, 0.2) is 5.78 Å². The molecule has 0 aliphatic carbocycles. The van der Waals surface area contributed by atoms with Gasteiger partial charge in [0.2, 0.25) is 0 Å². The van der Waals surface area contributed by atoms with Crippen LogP contribution in [0.5, 0.6) is 0 Å². The Morgan fingerprint density at radius 1 is 0.958 bits per heavy atom. The van der Waals surface area contributed by atoms with E-state index < -0.39 is 7.60 Å². The Balaban J connectivity index is 2.02. The first-order valence-corrected chi connectivity index (χ1v) is 10.0. The molecule has 2 unspecified atom stereocenters. The van der Waals surface area contributed by atoms with Gasteiger partial charge < -0.3 is 13.9 Å². The summed E-state index contributed by atoms with van der Waals surface area (Å²) in [4.78, 5) is 2.15. The van der Waals surface area contributed by atoms with Crippen molar-refractivity contribution in [1.82, 2.24) is 0 Å². The lowest BCUT2D eigenvalue weighted by Crippen LogP contribution is -2.06. The van der Waals surface area contributed by atoms with Crippen LogP contribution in [0.3, 0.4) is 0 Å². The van der Waals surface area contributed by atoms with Gasteiger partial charge in [0.05, 0.1) is 19.3 Å². The van der Waals surface area contributed by atoms with Gasteiger partial charge in [0, 0.05) is 5.69 Å². The van der Waals surface area contributed by atoms with Gasteiger partial charge in [-0.2, -0.15) is 0 Å². The maximum Gasteiger partial charge on any atom is 0.355 e. The second-order valence-electron chi connectivity index (χ2n) is 5.83. The maximum atomic E-state index is 13.4. The normalized spacial score (nSPS) is 20.2. The van der Waals surface area contributed by atoms with Gasteiger partial charge in [-0.05, 0) is 44.0 Å². The van der Waals surface area contributed by atoms with Crippen LogP contribution >= 0.6 is 7.60 Å². The third kappa shape index (κ3) is 3.14. The summed E-state index contributed by atoms with van der Waals surface area (Å²) in [6.07, 6.45) is 0. The van der Waals surface area contributed by atoms with Crippen molar-refractivity contribution >= 4 is 13.3 Å². The van der Waals surface area contributed by atoms with Crippen molar-refractivity contribution in [3.8, 4) is 0 Å². The number of hydrogen-bond donors (Lipinski definition) is 0. The average molecular weight is 345 g/mol. The minimum absolute atomic E-state index is 0.0116. The van der Waals surface area contributed by atoms with Crippen LogP contribution in [-0.4, -0.2) is 19.0 Å². The van der Waals surface area contributed by atoms with Crippen molar-refractivity contribution in [3.05, 3.63) is 65.7 Å². The highest BCUT2D eigenvalue weighted by molar-refractivity contribution is 7.55. The Labute approximate surface area is 143 Å². The fourth-order valence-corrected chi connectivity index (χ4v) is 5.49. The molecule has 1 fully saturated rings. The van der Waals surface area contributed by atoms with Crippen molar-refractivity contribution < 1.29 is 13.6 Å². The topological polar surface area (TPSA) is 38.5 Å². The first kappa shape index (κ1) is 17.2. The monoisotopic (exact) mass is 345 g/mol. The SMILES string of the molecule is CCOP(=O)(OCC)C1C(c2ccccc2C)N1c1ccccc1. The van der Waals surface area contributed by atoms with Gasteiger partial charge in [-0.15, -0.1) is 0 Å². The number of benzene rings is 2. The molecule has 0 aromatic heterocycles. The van der Waals surface area contributed by atoms with Crippen LogP contribution in [0.2, 0.25) is 0 Å². The molecule has 24 heavy (non-hydrogen) atoms. The van der Waals surface area contributed by atoms with Crippen LogP contribution in [0.1, 0.15) is 31.0 Å². The predicted octanol–water partition coefficient (Wildman–Crippen LogP) is 5.15. The highest BCUT2D eigenvalue weighted by Crippen LogP contribution is 2.69. The molecule has 2 aromatic carbocycles. The van der Waals surface area contributed by atoms with Crippen LogP contribution in [-0.2, 0) is 13.6 Å². The fraction of sp³-hybridized carbons (Fsp3) is 0.368. The maximum absolute atomic E-state index is 13.4. The minimum atomic E-state index is -3.22. The van der Waals surface area contributed by atoms with E-state index in [1.165, 1.54) is 11.1 Å². The first-order chi connectivity index (χ1) is 11.6. The lowest BCUT2D eigenvalue weighted by atomic mass is 10.1. The quantitative estimate of drug-likeness (QED) is 0.514. The molecule has 1 aliphatic heterocycles. The molecule has 4 nitrogen and oxygen atoms in total. The molecule has 0 radical (unpaired) electrons. The number of nitrogens with zero attached hydrogens (tertiary/aromatic N) is 1. The molecule has 0 amide bonds. The van der Waals surface area contributed by atoms with Crippen molar-refractivity contribution in [3.63, 3.8) is 0 Å². The van der Waals surface area contributed by atoms with E-state index in [9.17, 15) is 4.57 Å². The third-order valence-electron chi connectivity index (χ3n) is 4.28. The summed E-state index contributed by atoms with van der Waals surface area (Å²) in [5.74, 6) is -0.277. The van der Waals surface area contributed by atoms with Crippen molar-refractivity contribution in [2.45, 2.75) is 32.6 Å². The molecule has 0 saturated carbocycles. The lowest BCUT2D eigenvalue weighted by molar-refractivity contribution is 0.218. The lowest BCUT2D eigenvalue weighted by Gasteiger charge is -2.17. The Morgan fingerprint density at radius 2 is 1.54 bits per heavy atom. The molecule has 0 spiro atoms. The van der Waals surface area contributed by atoms with Gasteiger partial charge in [-0.3, -0.25) is 4.57 Å². The summed E-state index contributed by atoms with van der Waals surface area (Å²) >= 11 is 0. The van der Waals surface area contributed by atoms with E-state index in [1.807, 2.05) is 56.3 Å². The van der Waals surface area contributed by atoms with Crippen LogP contribution in [0.15, 0.2) is 54.6 Å². The molecule has 1 saturated heterocycles. The number of aryl methyl sites for hydroxylation is 1. The molecular formula is C19H24NO3P. The summed E-state index contributed by atoms with van der Waals surface area (Å²) in [7, 11) is -3.22. The summed E-state index contributed by atoms with van der Waals surface area (Å²) in [6.45, 7) is 6.53. The van der Waals surface area contributed by atoms with Gasteiger partial charge in [-0.25, -0.2) is 0 Å². The minimum Gasteiger partial charge on any atom is -0.345 e. The molecule has 5 heteroatoms. The summed E-state index contributed by atoms with van der Waals surface area (Å²) in [5.41, 5.74) is 3.40. The Hall–Kier alpha value is -1.61. The smallest absolute Gasteiger partial charge is 0.345 e. The molecule has 0 N–H and O–H groups in total. The number of anilines is 1. The predicted molar refractivity (Wildman–Crippen MR) is 97.5 cm³/mol. The Bertz CT molecular complexity index is 724. The molecule has 2 aromatic rings. The summed E-state index contributed by atoms with van der Waals surface area (Å²) < 4.78 is 24.6. The van der Waals surface area contributed by atoms with E-state index in [-0.39, 0.29) is 11.8 Å². The van der Waals surface area contributed by atoms with E-state index in [4.69, 9.17) is 9.05 Å². The van der Waals surface area contributed by atoms with E-state index in [0.29, 0.717) is 13.2 Å². The Morgan fingerprint density at radius 3 is 2.12 bits per heavy atom. The first-order valence-electron chi connectivity index (χ1n) is 8.40. The molecule has 1 heterocycles. The molecule has 3 rings (SSSR count). The zero-order valence-corrected chi connectivity index (χ0v) is 15.3. The van der Waals surface area contributed by atoms with Crippen LogP contribution in [0, 0.1) is 6.92 Å². The second-order valence-corrected chi connectivity index (χ2v) is 7.96. The Kier molecular flexibility index (Phi) is 5.09. The van der Waals surface area contributed by atoms with Crippen LogP contribution in [0.4, 0.5) is 5.69 Å². The number of rotatable bonds is 7. The second kappa shape index (κ2) is 7.10.